The number of aromatic nitrogens is 6. The Labute approximate surface area is 173 Å². The minimum absolute atomic E-state index is 0.00859. The Balaban J connectivity index is 1.70. The molecule has 1 aliphatic carbocycles. The van der Waals surface area contributed by atoms with Gasteiger partial charge in [0.25, 0.3) is 0 Å². The molecule has 5 rings (SSSR count). The normalized spacial score (nSPS) is 19.6. The van der Waals surface area contributed by atoms with E-state index in [2.05, 4.69) is 14.5 Å². The molecule has 0 aromatic carbocycles. The number of imidazole rings is 1. The Morgan fingerprint density at radius 2 is 2.00 bits per heavy atom. The lowest BCUT2D eigenvalue weighted by molar-refractivity contribution is -0.0308. The topological polar surface area (TPSA) is 87.8 Å². The second-order valence-electron chi connectivity index (χ2n) is 7.50. The standard InChI is InChI=1S/C20H24N6O2S/c1-11-23-18-16(26(11)13-6-4-5-9-28-13)20(29-3)25-17(24-18)14-15(12-7-8-12)21-10-22-19(14)27-2/h10,12-13H,4-9H2,1-3H3. The summed E-state index contributed by atoms with van der Waals surface area (Å²) >= 11 is 1.59. The minimum Gasteiger partial charge on any atom is -0.480 e. The predicted molar refractivity (Wildman–Crippen MR) is 110 cm³/mol. The maximum absolute atomic E-state index is 6.04. The van der Waals surface area contributed by atoms with Gasteiger partial charge in [0.15, 0.2) is 11.5 Å². The van der Waals surface area contributed by atoms with Crippen molar-refractivity contribution in [1.29, 1.82) is 0 Å². The lowest BCUT2D eigenvalue weighted by Gasteiger charge is -2.25. The van der Waals surface area contributed by atoms with Crippen molar-refractivity contribution in [3.05, 3.63) is 17.8 Å². The van der Waals surface area contributed by atoms with Gasteiger partial charge in [0.1, 0.15) is 34.5 Å². The molecule has 2 fully saturated rings. The van der Waals surface area contributed by atoms with Crippen molar-refractivity contribution in [2.24, 2.45) is 0 Å². The smallest absolute Gasteiger partial charge is 0.227 e. The number of rotatable bonds is 5. The fraction of sp³-hybridized carbons (Fsp3) is 0.550. The van der Waals surface area contributed by atoms with Crippen molar-refractivity contribution in [1.82, 2.24) is 29.5 Å². The van der Waals surface area contributed by atoms with Crippen molar-refractivity contribution in [3.63, 3.8) is 0 Å². The van der Waals surface area contributed by atoms with Gasteiger partial charge in [0.05, 0.1) is 12.8 Å². The number of ether oxygens (including phenoxy) is 2. The summed E-state index contributed by atoms with van der Waals surface area (Å²) in [4.78, 5) is 23.4. The maximum atomic E-state index is 6.04. The second-order valence-corrected chi connectivity index (χ2v) is 8.29. The third-order valence-electron chi connectivity index (χ3n) is 5.55. The molecule has 152 valence electrons. The Kier molecular flexibility index (Phi) is 4.87. The van der Waals surface area contributed by atoms with E-state index in [-0.39, 0.29) is 6.23 Å². The number of aryl methyl sites for hydroxylation is 1. The van der Waals surface area contributed by atoms with Gasteiger partial charge in [-0.2, -0.15) is 0 Å². The molecular formula is C20H24N6O2S. The van der Waals surface area contributed by atoms with E-state index in [1.54, 1.807) is 25.2 Å². The van der Waals surface area contributed by atoms with Crippen LogP contribution in [0.15, 0.2) is 11.4 Å². The zero-order valence-corrected chi connectivity index (χ0v) is 17.7. The van der Waals surface area contributed by atoms with E-state index in [0.717, 1.165) is 66.3 Å². The van der Waals surface area contributed by atoms with Gasteiger partial charge in [-0.05, 0) is 45.3 Å². The van der Waals surface area contributed by atoms with Crippen LogP contribution in [0.2, 0.25) is 0 Å². The molecule has 3 aromatic heterocycles. The maximum Gasteiger partial charge on any atom is 0.227 e. The van der Waals surface area contributed by atoms with E-state index in [4.69, 9.17) is 24.4 Å². The van der Waals surface area contributed by atoms with Crippen molar-refractivity contribution in [3.8, 4) is 17.3 Å². The van der Waals surface area contributed by atoms with Gasteiger partial charge in [-0.1, -0.05) is 0 Å². The number of fused-ring (bicyclic) bond motifs is 1. The molecule has 0 spiro atoms. The Hall–Kier alpha value is -2.26. The fourth-order valence-electron chi connectivity index (χ4n) is 4.03. The van der Waals surface area contributed by atoms with Gasteiger partial charge in [-0.15, -0.1) is 11.8 Å². The molecule has 0 amide bonds. The SMILES string of the molecule is COc1ncnc(C2CC2)c1-c1nc(SC)c2c(n1)nc(C)n2C1CCCCO1. The predicted octanol–water partition coefficient (Wildman–Crippen LogP) is 3.90. The summed E-state index contributed by atoms with van der Waals surface area (Å²) in [6, 6.07) is 0. The Morgan fingerprint density at radius 3 is 2.69 bits per heavy atom. The van der Waals surface area contributed by atoms with E-state index in [9.17, 15) is 0 Å². The summed E-state index contributed by atoms with van der Waals surface area (Å²) < 4.78 is 13.7. The average Bonchev–Trinajstić information content (AvgIpc) is 3.55. The van der Waals surface area contributed by atoms with Crippen LogP contribution in [0.1, 0.15) is 55.8 Å². The molecule has 0 radical (unpaired) electrons. The van der Waals surface area contributed by atoms with Gasteiger partial charge in [-0.25, -0.2) is 24.9 Å². The highest BCUT2D eigenvalue weighted by Gasteiger charge is 2.32. The van der Waals surface area contributed by atoms with E-state index < -0.39 is 0 Å². The highest BCUT2D eigenvalue weighted by atomic mass is 32.2. The summed E-state index contributed by atoms with van der Waals surface area (Å²) in [6.07, 6.45) is 9.06. The van der Waals surface area contributed by atoms with E-state index in [1.165, 1.54) is 0 Å². The molecule has 1 saturated heterocycles. The molecule has 1 aliphatic heterocycles. The third kappa shape index (κ3) is 3.26. The first-order valence-corrected chi connectivity index (χ1v) is 11.2. The summed E-state index contributed by atoms with van der Waals surface area (Å²) in [5.74, 6) is 2.41. The zero-order valence-electron chi connectivity index (χ0n) is 16.9. The number of nitrogens with zero attached hydrogens (tertiary/aromatic N) is 6. The van der Waals surface area contributed by atoms with Crippen LogP contribution in [-0.2, 0) is 4.74 Å². The van der Waals surface area contributed by atoms with Crippen LogP contribution in [-0.4, -0.2) is 49.5 Å². The fourth-order valence-corrected chi connectivity index (χ4v) is 4.59. The first-order valence-electron chi connectivity index (χ1n) is 10.0. The lowest BCUT2D eigenvalue weighted by atomic mass is 10.1. The van der Waals surface area contributed by atoms with Gasteiger partial charge in [-0.3, -0.25) is 4.57 Å². The van der Waals surface area contributed by atoms with Crippen molar-refractivity contribution in [2.75, 3.05) is 20.0 Å². The van der Waals surface area contributed by atoms with Crippen LogP contribution in [0.3, 0.4) is 0 Å². The molecule has 3 aromatic rings. The molecule has 2 aliphatic rings. The Morgan fingerprint density at radius 1 is 1.14 bits per heavy atom. The molecule has 0 N–H and O–H groups in total. The first kappa shape index (κ1) is 18.7. The zero-order chi connectivity index (χ0) is 20.0. The van der Waals surface area contributed by atoms with Crippen LogP contribution in [0.4, 0.5) is 0 Å². The number of hydrogen-bond donors (Lipinski definition) is 0. The molecule has 8 nitrogen and oxygen atoms in total. The lowest BCUT2D eigenvalue weighted by Crippen LogP contribution is -2.19. The summed E-state index contributed by atoms with van der Waals surface area (Å²) in [7, 11) is 1.62. The minimum atomic E-state index is -0.00859. The van der Waals surface area contributed by atoms with E-state index >= 15 is 0 Å². The van der Waals surface area contributed by atoms with E-state index in [0.29, 0.717) is 23.3 Å². The van der Waals surface area contributed by atoms with Crippen LogP contribution >= 0.6 is 11.8 Å². The van der Waals surface area contributed by atoms with Gasteiger partial charge in [0.2, 0.25) is 5.88 Å². The summed E-state index contributed by atoms with van der Waals surface area (Å²) in [6.45, 7) is 2.78. The third-order valence-corrected chi connectivity index (χ3v) is 6.22. The average molecular weight is 413 g/mol. The number of hydrogen-bond acceptors (Lipinski definition) is 8. The van der Waals surface area contributed by atoms with Gasteiger partial charge in [0, 0.05) is 12.5 Å². The molecular weight excluding hydrogens is 388 g/mol. The molecule has 1 unspecified atom stereocenters. The van der Waals surface area contributed by atoms with Crippen LogP contribution in [0.5, 0.6) is 5.88 Å². The van der Waals surface area contributed by atoms with Crippen LogP contribution in [0.25, 0.3) is 22.6 Å². The highest BCUT2D eigenvalue weighted by molar-refractivity contribution is 7.98. The first-order chi connectivity index (χ1) is 14.2. The van der Waals surface area contributed by atoms with E-state index in [1.807, 2.05) is 13.2 Å². The Bertz CT molecular complexity index is 1060. The van der Waals surface area contributed by atoms with Crippen LogP contribution in [0, 0.1) is 6.92 Å². The molecule has 29 heavy (non-hydrogen) atoms. The van der Waals surface area contributed by atoms with Crippen molar-refractivity contribution in [2.45, 2.75) is 56.2 Å². The quantitative estimate of drug-likeness (QED) is 0.461. The van der Waals surface area contributed by atoms with Crippen molar-refractivity contribution < 1.29 is 9.47 Å². The molecule has 4 heterocycles. The number of thioether (sulfide) groups is 1. The number of methoxy groups -OCH3 is 1. The molecule has 1 atom stereocenters. The molecule has 1 saturated carbocycles. The molecule has 0 bridgehead atoms. The van der Waals surface area contributed by atoms with Crippen LogP contribution < -0.4 is 4.74 Å². The summed E-state index contributed by atoms with van der Waals surface area (Å²) in [5.41, 5.74) is 3.37. The highest BCUT2D eigenvalue weighted by Crippen LogP contribution is 2.45. The summed E-state index contributed by atoms with van der Waals surface area (Å²) in [5, 5.41) is 0.882. The second kappa shape index (κ2) is 7.53. The van der Waals surface area contributed by atoms with Crippen molar-refractivity contribution >= 4 is 22.9 Å². The molecule has 9 heteroatoms. The monoisotopic (exact) mass is 412 g/mol. The van der Waals surface area contributed by atoms with Gasteiger partial charge >= 0.3 is 0 Å². The largest absolute Gasteiger partial charge is 0.480 e. The van der Waals surface area contributed by atoms with Gasteiger partial charge < -0.3 is 9.47 Å².